The minimum Gasteiger partial charge on any atom is -0.463 e. The standard InChI is InChI=1S/C19H22N4O4/c1-3-26-17(24)12-15(13-8-6-5-7-9-13)21-14-10-11-16(22-18(14)20)23-19(25)27-4-2/h5-12,21H,3-4H2,1-2H3,(H3,20,22,23,25)/b15-12+. The number of hydrogen-bond acceptors (Lipinski definition) is 7. The van der Waals surface area contributed by atoms with Crippen molar-refractivity contribution >= 4 is 35.1 Å². The van der Waals surface area contributed by atoms with Crippen molar-refractivity contribution in [3.63, 3.8) is 0 Å². The van der Waals surface area contributed by atoms with Crippen molar-refractivity contribution < 1.29 is 19.1 Å². The van der Waals surface area contributed by atoms with Crippen molar-refractivity contribution in [3.05, 3.63) is 54.1 Å². The van der Waals surface area contributed by atoms with Crippen molar-refractivity contribution in [2.45, 2.75) is 13.8 Å². The lowest BCUT2D eigenvalue weighted by Crippen LogP contribution is -2.15. The average molecular weight is 370 g/mol. The first-order valence-corrected chi connectivity index (χ1v) is 8.44. The molecule has 1 heterocycles. The molecule has 0 aliphatic heterocycles. The number of amides is 1. The molecule has 8 heteroatoms. The van der Waals surface area contributed by atoms with Crippen LogP contribution in [0.3, 0.4) is 0 Å². The Kier molecular flexibility index (Phi) is 7.18. The Labute approximate surface area is 157 Å². The van der Waals surface area contributed by atoms with E-state index in [0.717, 1.165) is 5.56 Å². The number of nitrogens with one attached hydrogen (secondary N) is 2. The monoisotopic (exact) mass is 370 g/mol. The molecule has 0 unspecified atom stereocenters. The zero-order valence-electron chi connectivity index (χ0n) is 15.2. The summed E-state index contributed by atoms with van der Waals surface area (Å²) in [7, 11) is 0. The molecule has 27 heavy (non-hydrogen) atoms. The molecule has 0 saturated heterocycles. The molecular formula is C19H22N4O4. The van der Waals surface area contributed by atoms with Crippen molar-refractivity contribution in [2.24, 2.45) is 0 Å². The molecule has 4 N–H and O–H groups in total. The van der Waals surface area contributed by atoms with E-state index in [2.05, 4.69) is 15.6 Å². The Bertz CT molecular complexity index is 822. The van der Waals surface area contributed by atoms with E-state index >= 15 is 0 Å². The van der Waals surface area contributed by atoms with E-state index < -0.39 is 12.1 Å². The minimum absolute atomic E-state index is 0.148. The molecule has 0 aliphatic rings. The normalized spacial score (nSPS) is 10.8. The van der Waals surface area contributed by atoms with E-state index in [-0.39, 0.29) is 24.8 Å². The van der Waals surface area contributed by atoms with Crippen LogP contribution in [0.2, 0.25) is 0 Å². The fourth-order valence-electron chi connectivity index (χ4n) is 2.18. The fraction of sp³-hybridized carbons (Fsp3) is 0.211. The first kappa shape index (κ1) is 19.8. The summed E-state index contributed by atoms with van der Waals surface area (Å²) in [4.78, 5) is 27.5. The van der Waals surface area contributed by atoms with E-state index in [0.29, 0.717) is 11.4 Å². The highest BCUT2D eigenvalue weighted by Gasteiger charge is 2.10. The molecule has 2 aromatic rings. The second-order valence-electron chi connectivity index (χ2n) is 5.28. The second kappa shape index (κ2) is 9.81. The lowest BCUT2D eigenvalue weighted by Gasteiger charge is -2.14. The van der Waals surface area contributed by atoms with Crippen molar-refractivity contribution in [1.29, 1.82) is 0 Å². The van der Waals surface area contributed by atoms with Crippen molar-refractivity contribution in [1.82, 2.24) is 4.98 Å². The Morgan fingerprint density at radius 2 is 1.74 bits per heavy atom. The van der Waals surface area contributed by atoms with Gasteiger partial charge < -0.3 is 20.5 Å². The van der Waals surface area contributed by atoms with Crippen LogP contribution in [0, 0.1) is 0 Å². The summed E-state index contributed by atoms with van der Waals surface area (Å²) >= 11 is 0. The molecule has 0 aliphatic carbocycles. The molecule has 0 saturated carbocycles. The summed E-state index contributed by atoms with van der Waals surface area (Å²) in [6.45, 7) is 3.96. The molecular weight excluding hydrogens is 348 g/mol. The number of pyridine rings is 1. The smallest absolute Gasteiger partial charge is 0.412 e. The molecule has 0 bridgehead atoms. The summed E-state index contributed by atoms with van der Waals surface area (Å²) in [6.07, 6.45) is 0.737. The third kappa shape index (κ3) is 6.03. The molecule has 0 radical (unpaired) electrons. The number of benzene rings is 1. The lowest BCUT2D eigenvalue weighted by molar-refractivity contribution is -0.137. The van der Waals surface area contributed by atoms with Crippen LogP contribution in [0.5, 0.6) is 0 Å². The fourth-order valence-corrected chi connectivity index (χ4v) is 2.18. The number of rotatable bonds is 7. The number of nitrogens with zero attached hydrogens (tertiary/aromatic N) is 1. The Balaban J connectivity index is 2.24. The van der Waals surface area contributed by atoms with Gasteiger partial charge in [-0.25, -0.2) is 14.6 Å². The number of nitrogen functional groups attached to an aromatic ring is 1. The zero-order chi connectivity index (χ0) is 19.6. The highest BCUT2D eigenvalue weighted by Crippen LogP contribution is 2.24. The average Bonchev–Trinajstić information content (AvgIpc) is 2.64. The van der Waals surface area contributed by atoms with Gasteiger partial charge in [-0.05, 0) is 31.5 Å². The molecule has 0 spiro atoms. The third-order valence-corrected chi connectivity index (χ3v) is 3.33. The number of carbonyl (C=O) groups excluding carboxylic acids is 2. The SMILES string of the molecule is CCOC(=O)/C=C(/Nc1ccc(NC(=O)OCC)nc1N)c1ccccc1. The number of carbonyl (C=O) groups is 2. The Morgan fingerprint density at radius 1 is 1.04 bits per heavy atom. The molecule has 1 aromatic heterocycles. The van der Waals surface area contributed by atoms with Gasteiger partial charge in [0.2, 0.25) is 0 Å². The Morgan fingerprint density at radius 3 is 2.37 bits per heavy atom. The van der Waals surface area contributed by atoms with Crippen LogP contribution in [-0.2, 0) is 14.3 Å². The van der Waals surface area contributed by atoms with Gasteiger partial charge in [-0.3, -0.25) is 5.32 Å². The maximum atomic E-state index is 11.9. The maximum Gasteiger partial charge on any atom is 0.412 e. The van der Waals surface area contributed by atoms with Crippen LogP contribution >= 0.6 is 0 Å². The van der Waals surface area contributed by atoms with E-state index in [9.17, 15) is 9.59 Å². The van der Waals surface area contributed by atoms with Gasteiger partial charge in [0.1, 0.15) is 11.6 Å². The number of hydrogen-bond donors (Lipinski definition) is 3. The van der Waals surface area contributed by atoms with Gasteiger partial charge in [0.15, 0.2) is 0 Å². The molecule has 142 valence electrons. The lowest BCUT2D eigenvalue weighted by atomic mass is 10.1. The molecule has 0 fully saturated rings. The molecule has 2 rings (SSSR count). The topological polar surface area (TPSA) is 116 Å². The summed E-state index contributed by atoms with van der Waals surface area (Å²) in [6, 6.07) is 12.5. The van der Waals surface area contributed by atoms with Crippen LogP contribution in [0.1, 0.15) is 19.4 Å². The van der Waals surface area contributed by atoms with Gasteiger partial charge in [-0.1, -0.05) is 30.3 Å². The van der Waals surface area contributed by atoms with Gasteiger partial charge in [-0.2, -0.15) is 0 Å². The summed E-state index contributed by atoms with van der Waals surface area (Å²) in [5.41, 5.74) is 7.74. The number of ether oxygens (including phenoxy) is 2. The van der Waals surface area contributed by atoms with E-state index in [1.54, 1.807) is 26.0 Å². The maximum absolute atomic E-state index is 11.9. The summed E-state index contributed by atoms with van der Waals surface area (Å²) in [5, 5.41) is 5.56. The minimum atomic E-state index is -0.614. The van der Waals surface area contributed by atoms with Gasteiger partial charge in [0.05, 0.1) is 24.6 Å². The molecule has 1 aromatic carbocycles. The summed E-state index contributed by atoms with van der Waals surface area (Å²) < 4.78 is 9.78. The number of nitrogens with two attached hydrogens (primary N) is 1. The van der Waals surface area contributed by atoms with Crippen molar-refractivity contribution in [2.75, 3.05) is 29.6 Å². The highest BCUT2D eigenvalue weighted by molar-refractivity contribution is 5.95. The van der Waals surface area contributed by atoms with E-state index in [1.807, 2.05) is 30.3 Å². The molecule has 1 amide bonds. The largest absolute Gasteiger partial charge is 0.463 e. The van der Waals surface area contributed by atoms with Gasteiger partial charge >= 0.3 is 12.1 Å². The molecule has 8 nitrogen and oxygen atoms in total. The Hall–Kier alpha value is -3.55. The first-order valence-electron chi connectivity index (χ1n) is 8.44. The molecule has 0 atom stereocenters. The van der Waals surface area contributed by atoms with Crippen molar-refractivity contribution in [3.8, 4) is 0 Å². The van der Waals surface area contributed by atoms with E-state index in [4.69, 9.17) is 15.2 Å². The predicted octanol–water partition coefficient (Wildman–Crippen LogP) is 3.25. The summed E-state index contributed by atoms with van der Waals surface area (Å²) in [5.74, 6) is -0.0712. The second-order valence-corrected chi connectivity index (χ2v) is 5.28. The quantitative estimate of drug-likeness (QED) is 0.506. The van der Waals surface area contributed by atoms with E-state index in [1.165, 1.54) is 6.08 Å². The van der Waals surface area contributed by atoms with Crippen LogP contribution in [0.15, 0.2) is 48.5 Å². The van der Waals surface area contributed by atoms with Crippen LogP contribution < -0.4 is 16.4 Å². The van der Waals surface area contributed by atoms with Gasteiger partial charge in [-0.15, -0.1) is 0 Å². The van der Waals surface area contributed by atoms with Crippen LogP contribution in [0.4, 0.5) is 22.1 Å². The van der Waals surface area contributed by atoms with Crippen LogP contribution in [0.25, 0.3) is 5.70 Å². The highest BCUT2D eigenvalue weighted by atomic mass is 16.5. The van der Waals surface area contributed by atoms with Gasteiger partial charge in [0.25, 0.3) is 0 Å². The van der Waals surface area contributed by atoms with Crippen LogP contribution in [-0.4, -0.2) is 30.3 Å². The number of esters is 1. The zero-order valence-corrected chi connectivity index (χ0v) is 15.2. The van der Waals surface area contributed by atoms with Gasteiger partial charge in [0, 0.05) is 6.08 Å². The number of anilines is 3. The first-order chi connectivity index (χ1) is 13.0. The number of aromatic nitrogens is 1. The third-order valence-electron chi connectivity index (χ3n) is 3.33. The predicted molar refractivity (Wildman–Crippen MR) is 104 cm³/mol.